The number of rotatable bonds is 2. The second kappa shape index (κ2) is 4.92. The maximum absolute atomic E-state index is 12.4. The first kappa shape index (κ1) is 12.2. The van der Waals surface area contributed by atoms with Crippen LogP contribution in [0, 0.1) is 0 Å². The fraction of sp³-hybridized carbons (Fsp3) is 0.400. The van der Waals surface area contributed by atoms with Crippen LogP contribution in [0.3, 0.4) is 0 Å². The summed E-state index contributed by atoms with van der Waals surface area (Å²) in [7, 11) is 0. The third kappa shape index (κ3) is 3.11. The first-order valence-corrected chi connectivity index (χ1v) is 6.97. The van der Waals surface area contributed by atoms with Crippen molar-refractivity contribution in [2.24, 2.45) is 0 Å². The van der Waals surface area contributed by atoms with E-state index in [1.165, 1.54) is 6.07 Å². The predicted molar refractivity (Wildman–Crippen MR) is 52.5 cm³/mol. The molecule has 0 aliphatic carbocycles. The van der Waals surface area contributed by atoms with Gasteiger partial charge in [0.1, 0.15) is 0 Å². The molecule has 0 N–H and O–H groups in total. The van der Waals surface area contributed by atoms with Crippen LogP contribution >= 0.6 is 0 Å². The predicted octanol–water partition coefficient (Wildman–Crippen LogP) is 1.58. The SMILES string of the molecule is FC(F)(F)[Te]c1ccccc1C1OCCO1. The van der Waals surface area contributed by atoms with Gasteiger partial charge in [-0.05, 0) is 0 Å². The molecule has 2 rings (SSSR count). The van der Waals surface area contributed by atoms with Crippen molar-refractivity contribution >= 4 is 24.5 Å². The van der Waals surface area contributed by atoms with Gasteiger partial charge < -0.3 is 0 Å². The van der Waals surface area contributed by atoms with Crippen molar-refractivity contribution < 1.29 is 22.6 Å². The van der Waals surface area contributed by atoms with Crippen molar-refractivity contribution in [1.29, 1.82) is 0 Å². The van der Waals surface area contributed by atoms with Gasteiger partial charge in [-0.15, -0.1) is 0 Å². The Morgan fingerprint density at radius 3 is 2.38 bits per heavy atom. The Kier molecular flexibility index (Phi) is 3.75. The van der Waals surface area contributed by atoms with Gasteiger partial charge in [0.2, 0.25) is 0 Å². The molecule has 16 heavy (non-hydrogen) atoms. The molecule has 1 aromatic rings. The molecule has 1 saturated heterocycles. The number of benzene rings is 1. The molecule has 0 aromatic heterocycles. The molecule has 1 aliphatic heterocycles. The van der Waals surface area contributed by atoms with E-state index in [1.54, 1.807) is 18.2 Å². The average molecular weight is 346 g/mol. The first-order valence-electron chi connectivity index (χ1n) is 4.64. The summed E-state index contributed by atoms with van der Waals surface area (Å²) in [5, 5.41) is 0. The summed E-state index contributed by atoms with van der Waals surface area (Å²) in [5.41, 5.74) is 0.528. The van der Waals surface area contributed by atoms with E-state index in [4.69, 9.17) is 9.47 Å². The van der Waals surface area contributed by atoms with E-state index in [-0.39, 0.29) is 0 Å². The first-order chi connectivity index (χ1) is 7.56. The fourth-order valence-corrected chi connectivity index (χ4v) is 3.37. The topological polar surface area (TPSA) is 18.5 Å². The summed E-state index contributed by atoms with van der Waals surface area (Å²) in [6, 6.07) is 6.47. The molecular formula is C10H9F3O2Te. The third-order valence-electron chi connectivity index (χ3n) is 2.02. The summed E-state index contributed by atoms with van der Waals surface area (Å²) < 4.78 is 43.9. The Bertz CT molecular complexity index is 361. The van der Waals surface area contributed by atoms with Crippen LogP contribution in [0.2, 0.25) is 0 Å². The van der Waals surface area contributed by atoms with Crippen molar-refractivity contribution in [3.05, 3.63) is 29.8 Å². The Labute approximate surface area is 101 Å². The standard InChI is InChI=1S/C10H9F3O2Te/c11-10(12,13)16-8-4-2-1-3-7(8)9-14-5-6-15-9/h1-4,9H,5-6H2. The van der Waals surface area contributed by atoms with Crippen molar-refractivity contribution in [2.45, 2.75) is 10.5 Å². The van der Waals surface area contributed by atoms with Crippen LogP contribution in [0.15, 0.2) is 24.3 Å². The molecule has 1 aromatic carbocycles. The summed E-state index contributed by atoms with van der Waals surface area (Å²) >= 11 is -2.21. The number of hydrogen-bond acceptors (Lipinski definition) is 2. The minimum atomic E-state index is -4.08. The van der Waals surface area contributed by atoms with Gasteiger partial charge in [-0.25, -0.2) is 0 Å². The summed E-state index contributed by atoms with van der Waals surface area (Å²) in [6.45, 7) is 0.872. The Morgan fingerprint density at radius 1 is 1.12 bits per heavy atom. The molecule has 0 atom stereocenters. The average Bonchev–Trinajstić information content (AvgIpc) is 2.69. The second-order valence-corrected chi connectivity index (χ2v) is 6.32. The van der Waals surface area contributed by atoms with E-state index in [9.17, 15) is 13.2 Å². The normalized spacial score (nSPS) is 17.9. The zero-order valence-corrected chi connectivity index (χ0v) is 10.5. The van der Waals surface area contributed by atoms with Crippen LogP contribution < -0.4 is 3.61 Å². The van der Waals surface area contributed by atoms with Gasteiger partial charge in [0, 0.05) is 0 Å². The Morgan fingerprint density at radius 2 is 1.75 bits per heavy atom. The van der Waals surface area contributed by atoms with Crippen LogP contribution in [0.4, 0.5) is 13.2 Å². The molecule has 88 valence electrons. The summed E-state index contributed by atoms with van der Waals surface area (Å²) in [5.74, 6) is 0. The van der Waals surface area contributed by atoms with Gasteiger partial charge in [-0.1, -0.05) is 0 Å². The van der Waals surface area contributed by atoms with Gasteiger partial charge in [-0.2, -0.15) is 0 Å². The maximum atomic E-state index is 12.4. The quantitative estimate of drug-likeness (QED) is 0.758. The van der Waals surface area contributed by atoms with Crippen molar-refractivity contribution in [1.82, 2.24) is 0 Å². The zero-order valence-electron chi connectivity index (χ0n) is 8.16. The monoisotopic (exact) mass is 348 g/mol. The van der Waals surface area contributed by atoms with Crippen molar-refractivity contribution in [3.8, 4) is 0 Å². The molecule has 0 radical (unpaired) electrons. The van der Waals surface area contributed by atoms with Crippen molar-refractivity contribution in [2.75, 3.05) is 13.2 Å². The minimum absolute atomic E-state index is 0.340. The van der Waals surface area contributed by atoms with Gasteiger partial charge in [0.25, 0.3) is 0 Å². The molecule has 1 fully saturated rings. The molecule has 0 unspecified atom stereocenters. The molecule has 0 amide bonds. The van der Waals surface area contributed by atoms with Crippen LogP contribution in [-0.2, 0) is 9.47 Å². The summed E-state index contributed by atoms with van der Waals surface area (Å²) in [6.07, 6.45) is -0.622. The second-order valence-electron chi connectivity index (χ2n) is 3.16. The molecule has 1 heterocycles. The van der Waals surface area contributed by atoms with E-state index in [0.29, 0.717) is 22.4 Å². The number of alkyl halides is 3. The van der Waals surface area contributed by atoms with Crippen molar-refractivity contribution in [3.63, 3.8) is 0 Å². The summed E-state index contributed by atoms with van der Waals surface area (Å²) in [4.78, 5) is 0. The van der Waals surface area contributed by atoms with E-state index in [2.05, 4.69) is 0 Å². The van der Waals surface area contributed by atoms with E-state index < -0.39 is 31.4 Å². The fourth-order valence-electron chi connectivity index (χ4n) is 1.43. The number of ether oxygens (including phenoxy) is 2. The molecule has 1 aliphatic rings. The zero-order chi connectivity index (χ0) is 11.6. The Balaban J connectivity index is 2.23. The Hall–Kier alpha value is -0.280. The van der Waals surface area contributed by atoms with Crippen LogP contribution in [-0.4, -0.2) is 38.4 Å². The third-order valence-corrected chi connectivity index (χ3v) is 4.37. The molecule has 2 nitrogen and oxygen atoms in total. The number of hydrogen-bond donors (Lipinski definition) is 0. The van der Waals surface area contributed by atoms with E-state index in [1.807, 2.05) is 0 Å². The molecule has 0 bridgehead atoms. The molecular weight excluding hydrogens is 337 g/mol. The van der Waals surface area contributed by atoms with Gasteiger partial charge in [0.05, 0.1) is 0 Å². The van der Waals surface area contributed by atoms with Crippen LogP contribution in [0.25, 0.3) is 0 Å². The molecule has 6 heteroatoms. The van der Waals surface area contributed by atoms with E-state index >= 15 is 0 Å². The molecule has 0 spiro atoms. The molecule has 0 saturated carbocycles. The van der Waals surface area contributed by atoms with Crippen LogP contribution in [0.5, 0.6) is 0 Å². The van der Waals surface area contributed by atoms with E-state index in [0.717, 1.165) is 0 Å². The van der Waals surface area contributed by atoms with Gasteiger partial charge in [0.15, 0.2) is 0 Å². The number of halogens is 3. The van der Waals surface area contributed by atoms with Gasteiger partial charge >= 0.3 is 101 Å². The van der Waals surface area contributed by atoms with Crippen LogP contribution in [0.1, 0.15) is 11.9 Å². The van der Waals surface area contributed by atoms with Gasteiger partial charge in [-0.3, -0.25) is 0 Å².